The van der Waals surface area contributed by atoms with Crippen LogP contribution in [0.4, 0.5) is 5.69 Å². The second-order valence-electron chi connectivity index (χ2n) is 9.80. The van der Waals surface area contributed by atoms with Gasteiger partial charge in [-0.05, 0) is 54.8 Å². The number of aliphatic hydroxyl groups is 1. The highest BCUT2D eigenvalue weighted by molar-refractivity contribution is 7.92. The maximum Gasteiger partial charge on any atom is 0.262 e. The maximum atomic E-state index is 13.7. The number of nitrogens with one attached hydrogen (secondary N) is 1. The average Bonchev–Trinajstić information content (AvgIpc) is 3.51. The van der Waals surface area contributed by atoms with Crippen molar-refractivity contribution in [2.24, 2.45) is 5.92 Å². The second-order valence-corrected chi connectivity index (χ2v) is 14.7. The fourth-order valence-electron chi connectivity index (χ4n) is 4.42. The molecule has 222 valence electrons. The van der Waals surface area contributed by atoms with Gasteiger partial charge in [0.25, 0.3) is 26.0 Å². The van der Waals surface area contributed by atoms with Crippen molar-refractivity contribution in [2.45, 2.75) is 35.1 Å². The normalized spacial score (nSPS) is 18.7. The van der Waals surface area contributed by atoms with Crippen LogP contribution in [-0.4, -0.2) is 83.1 Å². The third-order valence-electron chi connectivity index (χ3n) is 6.90. The zero-order valence-corrected chi connectivity index (χ0v) is 25.5. The molecule has 0 spiro atoms. The van der Waals surface area contributed by atoms with Gasteiger partial charge in [0.15, 0.2) is 5.75 Å². The first kappa shape index (κ1) is 30.8. The molecule has 14 heteroatoms. The van der Waals surface area contributed by atoms with E-state index in [1.807, 2.05) is 6.92 Å². The van der Waals surface area contributed by atoms with E-state index in [0.717, 1.165) is 11.3 Å². The molecule has 0 saturated carbocycles. The van der Waals surface area contributed by atoms with E-state index < -0.39 is 44.0 Å². The van der Waals surface area contributed by atoms with E-state index in [2.05, 4.69) is 4.72 Å². The van der Waals surface area contributed by atoms with Crippen LogP contribution in [0.25, 0.3) is 0 Å². The Balaban J connectivity index is 1.76. The van der Waals surface area contributed by atoms with Crippen LogP contribution in [0.3, 0.4) is 0 Å². The molecule has 2 N–H and O–H groups in total. The molecule has 3 aromatic rings. The number of ether oxygens (including phenoxy) is 2. The van der Waals surface area contributed by atoms with Crippen molar-refractivity contribution >= 4 is 43.0 Å². The molecule has 0 fully saturated rings. The highest BCUT2D eigenvalue weighted by Gasteiger charge is 2.36. The first-order chi connectivity index (χ1) is 19.4. The average molecular weight is 624 g/mol. The maximum absolute atomic E-state index is 13.7. The monoisotopic (exact) mass is 623 g/mol. The highest BCUT2D eigenvalue weighted by Crippen LogP contribution is 2.36. The SMILES string of the molecule is COc1ccc(S(=O)(=O)Nc2cccc3c2O[C@@H](CN(C)S(=O)(=O)c2cccs2)[C@H](C)CN([C@H](C)CO)C3=O)cc1. The minimum absolute atomic E-state index is 0.0196. The largest absolute Gasteiger partial charge is 0.497 e. The van der Waals surface area contributed by atoms with Crippen molar-refractivity contribution in [3.63, 3.8) is 0 Å². The Morgan fingerprint density at radius 1 is 1.15 bits per heavy atom. The number of anilines is 1. The molecule has 0 saturated heterocycles. The summed E-state index contributed by atoms with van der Waals surface area (Å²) >= 11 is 1.10. The number of aliphatic hydroxyl groups excluding tert-OH is 1. The molecular weight excluding hydrogens is 591 g/mol. The second kappa shape index (κ2) is 12.4. The molecule has 1 aromatic heterocycles. The standard InChI is InChI=1S/C27H33N3O8S3/c1-18-15-30(19(2)17-31)27(32)22-7-5-8-23(28-40(33,34)21-12-10-20(37-4)11-13-21)26(22)38-24(18)16-29(3)41(35,36)25-9-6-14-39-25/h5-14,18-19,24,28,31H,15-17H2,1-4H3/t18-,19-,24+/m1/s1. The number of methoxy groups -OCH3 is 1. The van der Waals surface area contributed by atoms with Gasteiger partial charge in [-0.1, -0.05) is 19.1 Å². The predicted molar refractivity (Wildman–Crippen MR) is 156 cm³/mol. The Hall–Kier alpha value is -3.17. The Kier molecular flexibility index (Phi) is 9.29. The molecule has 4 rings (SSSR count). The van der Waals surface area contributed by atoms with Crippen LogP contribution in [0.15, 0.2) is 69.1 Å². The lowest BCUT2D eigenvalue weighted by Gasteiger charge is -2.38. The number of para-hydroxylation sites is 1. The number of sulfonamides is 2. The number of hydrogen-bond donors (Lipinski definition) is 2. The summed E-state index contributed by atoms with van der Waals surface area (Å²) in [4.78, 5) is 15.1. The summed E-state index contributed by atoms with van der Waals surface area (Å²) < 4.78 is 68.3. The van der Waals surface area contributed by atoms with Gasteiger partial charge in [-0.3, -0.25) is 9.52 Å². The number of likely N-dealkylation sites (N-methyl/N-ethyl adjacent to an activating group) is 1. The van der Waals surface area contributed by atoms with Crippen LogP contribution in [0.1, 0.15) is 24.2 Å². The number of fused-ring (bicyclic) bond motifs is 1. The summed E-state index contributed by atoms with van der Waals surface area (Å²) in [6.45, 7) is 3.33. The van der Waals surface area contributed by atoms with Gasteiger partial charge in [0, 0.05) is 19.5 Å². The van der Waals surface area contributed by atoms with E-state index in [1.165, 1.54) is 71.9 Å². The van der Waals surface area contributed by atoms with Crippen LogP contribution in [-0.2, 0) is 20.0 Å². The van der Waals surface area contributed by atoms with Gasteiger partial charge in [-0.15, -0.1) is 11.3 Å². The van der Waals surface area contributed by atoms with Crippen LogP contribution in [0, 0.1) is 5.92 Å². The number of carbonyl (C=O) groups is 1. The minimum Gasteiger partial charge on any atom is -0.497 e. The zero-order valence-electron chi connectivity index (χ0n) is 23.1. The third kappa shape index (κ3) is 6.51. The van der Waals surface area contributed by atoms with E-state index in [0.29, 0.717) is 5.75 Å². The molecule has 0 unspecified atom stereocenters. The van der Waals surface area contributed by atoms with E-state index in [9.17, 15) is 26.7 Å². The van der Waals surface area contributed by atoms with E-state index in [1.54, 1.807) is 18.4 Å². The first-order valence-electron chi connectivity index (χ1n) is 12.8. The number of amides is 1. The topological polar surface area (TPSA) is 143 Å². The van der Waals surface area contributed by atoms with Crippen molar-refractivity contribution in [1.29, 1.82) is 0 Å². The molecule has 0 aliphatic carbocycles. The molecule has 2 heterocycles. The molecule has 3 atom stereocenters. The van der Waals surface area contributed by atoms with Gasteiger partial charge in [-0.25, -0.2) is 16.8 Å². The van der Waals surface area contributed by atoms with Crippen LogP contribution < -0.4 is 14.2 Å². The van der Waals surface area contributed by atoms with E-state index in [-0.39, 0.29) is 45.8 Å². The van der Waals surface area contributed by atoms with Crippen molar-refractivity contribution in [2.75, 3.05) is 38.6 Å². The first-order valence-corrected chi connectivity index (χ1v) is 16.6. The van der Waals surface area contributed by atoms with Crippen molar-refractivity contribution in [3.8, 4) is 11.5 Å². The minimum atomic E-state index is -4.11. The molecule has 1 aliphatic heterocycles. The smallest absolute Gasteiger partial charge is 0.262 e. The molecule has 1 amide bonds. The molecule has 0 radical (unpaired) electrons. The number of thiophene rings is 1. The number of rotatable bonds is 10. The van der Waals surface area contributed by atoms with Crippen LogP contribution in [0.2, 0.25) is 0 Å². The van der Waals surface area contributed by atoms with Gasteiger partial charge in [0.2, 0.25) is 0 Å². The quantitative estimate of drug-likeness (QED) is 0.351. The van der Waals surface area contributed by atoms with Gasteiger partial charge in [0.05, 0.1) is 42.4 Å². The number of nitrogens with zero attached hydrogens (tertiary/aromatic N) is 2. The van der Waals surface area contributed by atoms with Crippen molar-refractivity contribution in [3.05, 3.63) is 65.5 Å². The Morgan fingerprint density at radius 3 is 2.46 bits per heavy atom. The number of hydrogen-bond acceptors (Lipinski definition) is 9. The van der Waals surface area contributed by atoms with Crippen LogP contribution >= 0.6 is 11.3 Å². The zero-order chi connectivity index (χ0) is 29.9. The highest BCUT2D eigenvalue weighted by atomic mass is 32.2. The molecule has 0 bridgehead atoms. The summed E-state index contributed by atoms with van der Waals surface area (Å²) in [6, 6.07) is 12.9. The predicted octanol–water partition coefficient (Wildman–Crippen LogP) is 3.10. The Labute approximate surface area is 244 Å². The molecule has 41 heavy (non-hydrogen) atoms. The molecule has 2 aromatic carbocycles. The van der Waals surface area contributed by atoms with Gasteiger partial charge >= 0.3 is 0 Å². The lowest BCUT2D eigenvalue weighted by atomic mass is 9.99. The summed E-state index contributed by atoms with van der Waals surface area (Å²) in [5, 5.41) is 11.6. The summed E-state index contributed by atoms with van der Waals surface area (Å²) in [5.41, 5.74) is 0.104. The molecular formula is C27H33N3O8S3. The van der Waals surface area contributed by atoms with E-state index >= 15 is 0 Å². The van der Waals surface area contributed by atoms with Crippen molar-refractivity contribution in [1.82, 2.24) is 9.21 Å². The Bertz CT molecular complexity index is 1580. The van der Waals surface area contributed by atoms with Gasteiger partial charge in [-0.2, -0.15) is 4.31 Å². The fourth-order valence-corrected chi connectivity index (χ4v) is 7.86. The lowest BCUT2D eigenvalue weighted by molar-refractivity contribution is 0.0389. The van der Waals surface area contributed by atoms with Gasteiger partial charge in [0.1, 0.15) is 16.1 Å². The van der Waals surface area contributed by atoms with Crippen molar-refractivity contribution < 1.29 is 36.2 Å². The Morgan fingerprint density at radius 2 is 1.85 bits per heavy atom. The summed E-state index contributed by atoms with van der Waals surface area (Å²) in [5.74, 6) is -0.382. The van der Waals surface area contributed by atoms with Crippen LogP contribution in [0.5, 0.6) is 11.5 Å². The molecule has 1 aliphatic rings. The molecule has 11 nitrogen and oxygen atoms in total. The number of carbonyl (C=O) groups excluding carboxylic acids is 1. The fraction of sp³-hybridized carbons (Fsp3) is 0.370. The summed E-state index contributed by atoms with van der Waals surface area (Å²) in [6.07, 6.45) is -0.776. The number of benzene rings is 2. The summed E-state index contributed by atoms with van der Waals surface area (Å²) in [7, 11) is -5.00. The third-order valence-corrected chi connectivity index (χ3v) is 11.5. The van der Waals surface area contributed by atoms with E-state index in [4.69, 9.17) is 9.47 Å². The lowest BCUT2D eigenvalue weighted by Crippen LogP contribution is -2.50. The van der Waals surface area contributed by atoms with Gasteiger partial charge < -0.3 is 19.5 Å².